The molecular weight excluding hydrogens is 286 g/mol. The Labute approximate surface area is 125 Å². The third-order valence-electron chi connectivity index (χ3n) is 2.88. The molecule has 0 saturated carbocycles. The van der Waals surface area contributed by atoms with Crippen LogP contribution < -0.4 is 9.46 Å². The van der Waals surface area contributed by atoms with Crippen LogP contribution in [0.3, 0.4) is 0 Å². The zero-order valence-corrected chi connectivity index (χ0v) is 12.5. The summed E-state index contributed by atoms with van der Waals surface area (Å²) in [6, 6.07) is 16.5. The number of nitrogens with one attached hydrogen (secondary N) is 1. The minimum Gasteiger partial charge on any atom is -0.497 e. The molecule has 0 spiro atoms. The molecule has 0 aliphatic heterocycles. The van der Waals surface area contributed by atoms with Crippen LogP contribution in [0.25, 0.3) is 6.08 Å². The van der Waals surface area contributed by atoms with Gasteiger partial charge in [-0.05, 0) is 29.3 Å². The third-order valence-corrected chi connectivity index (χ3v) is 3.92. The lowest BCUT2D eigenvalue weighted by Crippen LogP contribution is -2.20. The van der Waals surface area contributed by atoms with Crippen LogP contribution in [0.2, 0.25) is 0 Å². The molecule has 0 amide bonds. The Morgan fingerprint density at radius 3 is 2.33 bits per heavy atom. The Bertz CT molecular complexity index is 692. The van der Waals surface area contributed by atoms with Crippen LogP contribution in [0.4, 0.5) is 0 Å². The first-order valence-electron chi connectivity index (χ1n) is 6.45. The van der Waals surface area contributed by atoms with Crippen LogP contribution in [0.1, 0.15) is 11.1 Å². The summed E-state index contributed by atoms with van der Waals surface area (Å²) in [7, 11) is -1.87. The lowest BCUT2D eigenvalue weighted by Gasteiger charge is -2.04. The van der Waals surface area contributed by atoms with Gasteiger partial charge in [-0.2, -0.15) is 0 Å². The van der Waals surface area contributed by atoms with Gasteiger partial charge in [-0.25, -0.2) is 13.1 Å². The fraction of sp³-hybridized carbons (Fsp3) is 0.125. The van der Waals surface area contributed by atoms with Gasteiger partial charge in [-0.3, -0.25) is 0 Å². The van der Waals surface area contributed by atoms with Gasteiger partial charge in [0.05, 0.1) is 7.11 Å². The Morgan fingerprint density at radius 2 is 1.71 bits per heavy atom. The SMILES string of the molecule is COc1ccc(CNS(=O)(=O)/C=C/c2ccccc2)cc1. The van der Waals surface area contributed by atoms with Gasteiger partial charge >= 0.3 is 0 Å². The molecule has 2 aromatic rings. The molecule has 0 heterocycles. The number of hydrogen-bond donors (Lipinski definition) is 1. The van der Waals surface area contributed by atoms with E-state index < -0.39 is 10.0 Å². The van der Waals surface area contributed by atoms with E-state index in [2.05, 4.69) is 4.72 Å². The number of sulfonamides is 1. The van der Waals surface area contributed by atoms with E-state index in [1.54, 1.807) is 25.3 Å². The molecule has 4 nitrogen and oxygen atoms in total. The predicted octanol–water partition coefficient (Wildman–Crippen LogP) is 2.79. The molecule has 2 aromatic carbocycles. The Hall–Kier alpha value is -2.11. The largest absolute Gasteiger partial charge is 0.497 e. The maximum atomic E-state index is 11.9. The monoisotopic (exact) mass is 303 g/mol. The lowest BCUT2D eigenvalue weighted by atomic mass is 10.2. The van der Waals surface area contributed by atoms with Crippen molar-refractivity contribution in [3.63, 3.8) is 0 Å². The number of rotatable bonds is 6. The van der Waals surface area contributed by atoms with E-state index in [1.165, 1.54) is 5.41 Å². The van der Waals surface area contributed by atoms with Gasteiger partial charge in [0.1, 0.15) is 5.75 Å². The van der Waals surface area contributed by atoms with Gasteiger partial charge < -0.3 is 4.74 Å². The highest BCUT2D eigenvalue weighted by molar-refractivity contribution is 7.92. The first-order chi connectivity index (χ1) is 10.1. The number of methoxy groups -OCH3 is 1. The van der Waals surface area contributed by atoms with E-state index >= 15 is 0 Å². The van der Waals surface area contributed by atoms with Crippen LogP contribution >= 0.6 is 0 Å². The fourth-order valence-corrected chi connectivity index (χ4v) is 2.51. The Morgan fingerprint density at radius 1 is 1.05 bits per heavy atom. The molecule has 0 aromatic heterocycles. The normalized spacial score (nSPS) is 11.7. The van der Waals surface area contributed by atoms with E-state index in [1.807, 2.05) is 42.5 Å². The molecule has 5 heteroatoms. The second-order valence-corrected chi connectivity index (χ2v) is 6.08. The highest BCUT2D eigenvalue weighted by atomic mass is 32.2. The van der Waals surface area contributed by atoms with E-state index in [-0.39, 0.29) is 6.54 Å². The zero-order chi connectivity index (χ0) is 15.1. The molecule has 0 aliphatic carbocycles. The quantitative estimate of drug-likeness (QED) is 0.893. The van der Waals surface area contributed by atoms with Crippen LogP contribution in [0.5, 0.6) is 5.75 Å². The van der Waals surface area contributed by atoms with Crippen molar-refractivity contribution < 1.29 is 13.2 Å². The van der Waals surface area contributed by atoms with Crippen LogP contribution in [-0.4, -0.2) is 15.5 Å². The van der Waals surface area contributed by atoms with Crippen molar-refractivity contribution in [1.29, 1.82) is 0 Å². The molecule has 110 valence electrons. The average Bonchev–Trinajstić information content (AvgIpc) is 2.53. The standard InChI is InChI=1S/C16H17NO3S/c1-20-16-9-7-15(8-10-16)13-17-21(18,19)12-11-14-5-3-2-4-6-14/h2-12,17H,13H2,1H3/b12-11+. The van der Waals surface area contributed by atoms with E-state index in [9.17, 15) is 8.42 Å². The molecule has 0 unspecified atom stereocenters. The van der Waals surface area contributed by atoms with Gasteiger partial charge in [0, 0.05) is 12.0 Å². The summed E-state index contributed by atoms with van der Waals surface area (Å²) in [6.45, 7) is 0.242. The molecule has 0 atom stereocenters. The molecule has 0 radical (unpaired) electrons. The summed E-state index contributed by atoms with van der Waals surface area (Å²) in [6.07, 6.45) is 1.57. The smallest absolute Gasteiger partial charge is 0.234 e. The third kappa shape index (κ3) is 5.06. The van der Waals surface area contributed by atoms with Gasteiger partial charge in [-0.15, -0.1) is 0 Å². The number of ether oxygens (including phenoxy) is 1. The van der Waals surface area contributed by atoms with Gasteiger partial charge in [-0.1, -0.05) is 42.5 Å². The molecule has 0 bridgehead atoms. The summed E-state index contributed by atoms with van der Waals surface area (Å²) < 4.78 is 31.3. The zero-order valence-electron chi connectivity index (χ0n) is 11.7. The van der Waals surface area contributed by atoms with Crippen molar-refractivity contribution in [3.8, 4) is 5.75 Å². The molecule has 0 fully saturated rings. The molecule has 1 N–H and O–H groups in total. The first kappa shape index (κ1) is 15.3. The maximum absolute atomic E-state index is 11.9. The molecule has 21 heavy (non-hydrogen) atoms. The second kappa shape index (κ2) is 7.06. The maximum Gasteiger partial charge on any atom is 0.234 e. The minimum atomic E-state index is -3.46. The van der Waals surface area contributed by atoms with E-state index in [4.69, 9.17) is 4.74 Å². The van der Waals surface area contributed by atoms with E-state index in [0.29, 0.717) is 0 Å². The summed E-state index contributed by atoms with van der Waals surface area (Å²) in [5, 5.41) is 1.17. The van der Waals surface area contributed by atoms with E-state index in [0.717, 1.165) is 16.9 Å². The van der Waals surface area contributed by atoms with Crippen LogP contribution in [0, 0.1) is 0 Å². The van der Waals surface area contributed by atoms with Crippen molar-refractivity contribution in [1.82, 2.24) is 4.72 Å². The minimum absolute atomic E-state index is 0.242. The molecule has 2 rings (SSSR count). The fourth-order valence-electron chi connectivity index (χ4n) is 1.71. The van der Waals surface area contributed by atoms with Crippen molar-refractivity contribution >= 4 is 16.1 Å². The average molecular weight is 303 g/mol. The Balaban J connectivity index is 1.96. The topological polar surface area (TPSA) is 55.4 Å². The van der Waals surface area contributed by atoms with Crippen LogP contribution in [-0.2, 0) is 16.6 Å². The van der Waals surface area contributed by atoms with Gasteiger partial charge in [0.15, 0.2) is 0 Å². The highest BCUT2D eigenvalue weighted by Gasteiger charge is 2.05. The van der Waals surface area contributed by atoms with Crippen molar-refractivity contribution in [2.24, 2.45) is 0 Å². The summed E-state index contributed by atoms with van der Waals surface area (Å²) in [5.41, 5.74) is 1.71. The summed E-state index contributed by atoms with van der Waals surface area (Å²) in [4.78, 5) is 0. The molecular formula is C16H17NO3S. The van der Waals surface area contributed by atoms with Crippen molar-refractivity contribution in [3.05, 3.63) is 71.1 Å². The predicted molar refractivity (Wildman–Crippen MR) is 84.2 cm³/mol. The number of hydrogen-bond acceptors (Lipinski definition) is 3. The summed E-state index contributed by atoms with van der Waals surface area (Å²) >= 11 is 0. The first-order valence-corrected chi connectivity index (χ1v) is 7.99. The summed E-state index contributed by atoms with van der Waals surface area (Å²) in [5.74, 6) is 0.741. The van der Waals surface area contributed by atoms with Gasteiger partial charge in [0.25, 0.3) is 0 Å². The lowest BCUT2D eigenvalue weighted by molar-refractivity contribution is 0.414. The Kier molecular flexibility index (Phi) is 5.14. The van der Waals surface area contributed by atoms with Gasteiger partial charge in [0.2, 0.25) is 10.0 Å². The number of benzene rings is 2. The van der Waals surface area contributed by atoms with Crippen LogP contribution in [0.15, 0.2) is 60.0 Å². The molecule has 0 saturated heterocycles. The van der Waals surface area contributed by atoms with Crippen molar-refractivity contribution in [2.75, 3.05) is 7.11 Å². The highest BCUT2D eigenvalue weighted by Crippen LogP contribution is 2.11. The van der Waals surface area contributed by atoms with Crippen molar-refractivity contribution in [2.45, 2.75) is 6.54 Å². The second-order valence-electron chi connectivity index (χ2n) is 4.43. The molecule has 0 aliphatic rings.